The van der Waals surface area contributed by atoms with Crippen molar-refractivity contribution >= 4 is 96.3 Å². The fourth-order valence-electron chi connectivity index (χ4n) is 14.9. The lowest BCUT2D eigenvalue weighted by molar-refractivity contribution is 0.425. The third kappa shape index (κ3) is 8.30. The Morgan fingerprint density at radius 1 is 0.568 bits per heavy atom. The molecule has 4 heterocycles. The number of hydrogen-bond donors (Lipinski definition) is 1. The lowest BCUT2D eigenvalue weighted by Crippen LogP contribution is -2.35. The van der Waals surface area contributed by atoms with Gasteiger partial charge in [0.15, 0.2) is 5.58 Å². The van der Waals surface area contributed by atoms with E-state index in [1.165, 1.54) is 83.0 Å². The minimum absolute atomic E-state index is 0.0977. The van der Waals surface area contributed by atoms with Crippen molar-refractivity contribution in [1.29, 1.82) is 0 Å². The number of para-hydroxylation sites is 1. The van der Waals surface area contributed by atoms with Crippen LogP contribution in [0.15, 0.2) is 279 Å². The molecule has 0 spiro atoms. The van der Waals surface area contributed by atoms with Crippen LogP contribution < -0.4 is 10.2 Å². The summed E-state index contributed by atoms with van der Waals surface area (Å²) in [5.74, 6) is -0.00111. The average Bonchev–Trinajstić information content (AvgIpc) is 1.32. The molecule has 0 saturated heterocycles. The Kier molecular flexibility index (Phi) is 12.3. The summed E-state index contributed by atoms with van der Waals surface area (Å²) in [7, 11) is 0. The number of allylic oxidation sites excluding steroid dienone is 4. The Balaban J connectivity index is 1.02. The first-order chi connectivity index (χ1) is 43.5. The van der Waals surface area contributed by atoms with Gasteiger partial charge < -0.3 is 24.4 Å². The van der Waals surface area contributed by atoms with E-state index in [-0.39, 0.29) is 17.9 Å². The number of nitrogens with one attached hydrogen (secondary N) is 1. The van der Waals surface area contributed by atoms with Crippen LogP contribution in [0.2, 0.25) is 0 Å². The quantitative estimate of drug-likeness (QED) is 0.138. The maximum Gasteiger partial charge on any atom is 0.159 e. The zero-order valence-electron chi connectivity index (χ0n) is 49.0. The maximum atomic E-state index is 7.79. The highest BCUT2D eigenvalue weighted by atomic mass is 16.3. The van der Waals surface area contributed by atoms with Crippen LogP contribution in [0.5, 0.6) is 0 Å². The summed E-state index contributed by atoms with van der Waals surface area (Å²) in [6.07, 6.45) is 16.5. The largest absolute Gasteiger partial charge is 0.454 e. The van der Waals surface area contributed by atoms with E-state index in [0.717, 1.165) is 85.0 Å². The fourth-order valence-corrected chi connectivity index (χ4v) is 14.9. The first kappa shape index (κ1) is 51.6. The average molecular weight is 1140 g/mol. The summed E-state index contributed by atoms with van der Waals surface area (Å²) in [5, 5.41) is 13.6. The van der Waals surface area contributed by atoms with Gasteiger partial charge in [0, 0.05) is 62.1 Å². The van der Waals surface area contributed by atoms with Crippen molar-refractivity contribution in [3.63, 3.8) is 0 Å². The molecule has 17 rings (SSSR count). The third-order valence-electron chi connectivity index (χ3n) is 18.7. The van der Waals surface area contributed by atoms with Crippen molar-refractivity contribution < 1.29 is 4.42 Å². The molecule has 1 aromatic heterocycles. The second kappa shape index (κ2) is 21.0. The number of furan rings is 1. The molecule has 422 valence electrons. The summed E-state index contributed by atoms with van der Waals surface area (Å²) in [6, 6.07) is 79.8. The van der Waals surface area contributed by atoms with E-state index in [1.54, 1.807) is 6.34 Å². The topological polar surface area (TPSA) is 72.0 Å². The second-order valence-corrected chi connectivity index (χ2v) is 24.0. The Bertz CT molecular complexity index is 4990. The molecule has 2 atom stereocenters. The van der Waals surface area contributed by atoms with Gasteiger partial charge in [-0.15, -0.1) is 0 Å². The Morgan fingerprint density at radius 3 is 1.93 bits per heavy atom. The van der Waals surface area contributed by atoms with E-state index in [9.17, 15) is 0 Å². The molecule has 0 amide bonds. The van der Waals surface area contributed by atoms with Crippen LogP contribution in [-0.2, 0) is 0 Å². The molecule has 5 aliphatic rings. The molecule has 0 fully saturated rings. The van der Waals surface area contributed by atoms with E-state index in [0.29, 0.717) is 13.3 Å². The van der Waals surface area contributed by atoms with Gasteiger partial charge in [-0.25, -0.2) is 4.99 Å². The number of hydrogen-bond acceptors (Lipinski definition) is 8. The highest BCUT2D eigenvalue weighted by Gasteiger charge is 2.46. The zero-order chi connectivity index (χ0) is 58.4. The fraction of sp³-hybridized carbons (Fsp3) is 0.113. The predicted octanol–water partition coefficient (Wildman–Crippen LogP) is 20.0. The molecular formula is C80H61N7O. The normalized spacial score (nSPS) is 16.9. The minimum atomic E-state index is -0.194. The first-order valence-corrected chi connectivity index (χ1v) is 30.7. The van der Waals surface area contributed by atoms with Crippen molar-refractivity contribution in [2.24, 2.45) is 20.9 Å². The van der Waals surface area contributed by atoms with Crippen molar-refractivity contribution in [3.05, 3.63) is 276 Å². The van der Waals surface area contributed by atoms with E-state index in [4.69, 9.17) is 19.4 Å². The van der Waals surface area contributed by atoms with E-state index >= 15 is 0 Å². The molecule has 88 heavy (non-hydrogen) atoms. The number of benzene rings is 11. The monoisotopic (exact) mass is 1140 g/mol. The van der Waals surface area contributed by atoms with Crippen LogP contribution in [0.1, 0.15) is 55.3 Å². The van der Waals surface area contributed by atoms with Crippen molar-refractivity contribution in [2.45, 2.75) is 38.6 Å². The Labute approximate surface area is 511 Å². The number of aliphatic imine (C=N–C) groups is 3. The maximum absolute atomic E-state index is 7.79. The van der Waals surface area contributed by atoms with Crippen LogP contribution >= 0.6 is 0 Å². The Morgan fingerprint density at radius 2 is 1.23 bits per heavy atom. The first-order valence-electron chi connectivity index (χ1n) is 30.7. The van der Waals surface area contributed by atoms with Gasteiger partial charge in [-0.3, -0.25) is 9.98 Å². The lowest BCUT2D eigenvalue weighted by atomic mass is 9.71. The Hall–Kier alpha value is -10.8. The van der Waals surface area contributed by atoms with Gasteiger partial charge in [0.1, 0.15) is 25.3 Å². The summed E-state index contributed by atoms with van der Waals surface area (Å²) >= 11 is 0. The zero-order valence-corrected chi connectivity index (χ0v) is 49.0. The minimum Gasteiger partial charge on any atom is -0.454 e. The molecular weight excluding hydrogens is 1070 g/mol. The van der Waals surface area contributed by atoms with Gasteiger partial charge in [-0.2, -0.15) is 0 Å². The molecule has 11 aromatic carbocycles. The highest BCUT2D eigenvalue weighted by molar-refractivity contribution is 6.28. The second-order valence-electron chi connectivity index (χ2n) is 24.0. The van der Waals surface area contributed by atoms with E-state index in [2.05, 4.69) is 271 Å². The van der Waals surface area contributed by atoms with Crippen LogP contribution in [-0.4, -0.2) is 42.0 Å². The van der Waals surface area contributed by atoms with Crippen LogP contribution in [0.4, 0.5) is 17.1 Å². The predicted molar refractivity (Wildman–Crippen MR) is 366 cm³/mol. The number of fused-ring (bicyclic) bond motifs is 12. The molecule has 3 aliphatic heterocycles. The van der Waals surface area contributed by atoms with Crippen molar-refractivity contribution in [1.82, 2.24) is 15.1 Å². The summed E-state index contributed by atoms with van der Waals surface area (Å²) < 4.78 is 7.79. The SMILES string of the molecule is CC(C)c1cc2oc3c(N(c4ccc(-c5ccccc5)cc4)c4c5ccccc5cc5ccccc45)cccc3c2c2c3c(c(-c4ccccc4-c4ccccc4)c(-c4ccccc4)c12)C=C(N1C=NC=NC1)C1C2=C(CCC(N4C=CC=NC4)=C2)NC31. The van der Waals surface area contributed by atoms with Gasteiger partial charge in [-0.05, 0) is 150 Å². The van der Waals surface area contributed by atoms with Gasteiger partial charge in [0.05, 0.1) is 29.7 Å². The van der Waals surface area contributed by atoms with Gasteiger partial charge in [-0.1, -0.05) is 202 Å². The molecule has 8 heteroatoms. The number of rotatable bonds is 10. The molecule has 1 N–H and O–H groups in total. The summed E-state index contributed by atoms with van der Waals surface area (Å²) in [6.45, 7) is 5.76. The molecule has 12 aromatic rings. The molecule has 2 aliphatic carbocycles. The van der Waals surface area contributed by atoms with Gasteiger partial charge in [0.2, 0.25) is 0 Å². The molecule has 0 radical (unpaired) electrons. The van der Waals surface area contributed by atoms with Gasteiger partial charge >= 0.3 is 0 Å². The molecule has 0 saturated carbocycles. The standard InChI is InChI=1S/C80H61N7O/c1-50(2)64-45-70-74(63-32-18-33-68(80(63)88-70)87(57-36-34-52(35-37-57)51-20-6-3-7-21-51)79-60-29-14-12-26-55(60)42-56-27-13-15-30-61(56)79)77-75(64)71(54-24-10-5-11-25-54)72(62-31-17-16-28-59(62)53-22-8-4-9-23-53)66-44-69(86-48-82-46-83-49-86)73-65-43-58(85-41-19-40-81-47-85)38-39-67(65)84-78(73)76(66)77/h3-37,40-46,48,50,73,78,84H,38-39,47,49H2,1-2H3. The van der Waals surface area contributed by atoms with Crippen LogP contribution in [0.3, 0.4) is 0 Å². The third-order valence-corrected chi connectivity index (χ3v) is 18.7. The van der Waals surface area contributed by atoms with E-state index < -0.39 is 0 Å². The smallest absolute Gasteiger partial charge is 0.159 e. The lowest BCUT2D eigenvalue weighted by Gasteiger charge is -2.38. The van der Waals surface area contributed by atoms with Gasteiger partial charge in [0.25, 0.3) is 0 Å². The molecule has 0 bridgehead atoms. The highest BCUT2D eigenvalue weighted by Crippen LogP contribution is 2.60. The summed E-state index contributed by atoms with van der Waals surface area (Å²) in [5.41, 5.74) is 22.8. The number of nitrogens with zero attached hydrogens (tertiary/aromatic N) is 6. The van der Waals surface area contributed by atoms with E-state index in [1.807, 2.05) is 18.6 Å². The summed E-state index contributed by atoms with van der Waals surface area (Å²) in [4.78, 5) is 21.3. The molecule has 2 unspecified atom stereocenters. The molecule has 8 nitrogen and oxygen atoms in total. The number of anilines is 3. The van der Waals surface area contributed by atoms with Crippen molar-refractivity contribution in [2.75, 3.05) is 18.2 Å². The van der Waals surface area contributed by atoms with Crippen molar-refractivity contribution in [3.8, 4) is 44.5 Å². The van der Waals surface area contributed by atoms with Crippen LogP contribution in [0, 0.1) is 5.92 Å². The van der Waals surface area contributed by atoms with Crippen LogP contribution in [0.25, 0.3) is 105 Å².